The van der Waals surface area contributed by atoms with Crippen molar-refractivity contribution < 1.29 is 14.8 Å². The van der Waals surface area contributed by atoms with Gasteiger partial charge >= 0.3 is 0 Å². The number of ether oxygens (including phenoxy) is 1. The van der Waals surface area contributed by atoms with Crippen molar-refractivity contribution in [2.45, 2.75) is 6.42 Å². The lowest BCUT2D eigenvalue weighted by Crippen LogP contribution is -2.00. The molecular formula is C9H10BrNO4. The largest absolute Gasteiger partial charge is 0.492 e. The molecule has 1 aromatic carbocycles. The maximum atomic E-state index is 10.5. The van der Waals surface area contributed by atoms with Gasteiger partial charge in [-0.05, 0) is 22.0 Å². The second-order valence-corrected chi connectivity index (χ2v) is 3.65. The topological polar surface area (TPSA) is 72.6 Å². The Hall–Kier alpha value is -1.14. The fraction of sp³-hybridized carbons (Fsp3) is 0.333. The van der Waals surface area contributed by atoms with Crippen molar-refractivity contribution in [1.82, 2.24) is 0 Å². The molecule has 0 aliphatic heterocycles. The monoisotopic (exact) mass is 275 g/mol. The first-order valence-corrected chi connectivity index (χ1v) is 5.12. The van der Waals surface area contributed by atoms with Crippen LogP contribution in [0.3, 0.4) is 0 Å². The zero-order valence-corrected chi connectivity index (χ0v) is 9.44. The molecule has 0 spiro atoms. The normalized spacial score (nSPS) is 10.0. The van der Waals surface area contributed by atoms with E-state index in [-0.39, 0.29) is 12.3 Å². The minimum atomic E-state index is -0.481. The van der Waals surface area contributed by atoms with E-state index in [1.54, 1.807) is 6.07 Å². The fourth-order valence-electron chi connectivity index (χ4n) is 0.963. The van der Waals surface area contributed by atoms with Crippen molar-refractivity contribution in [1.29, 1.82) is 0 Å². The summed E-state index contributed by atoms with van der Waals surface area (Å²) in [6.45, 7) is 0.364. The number of hydrogen-bond donors (Lipinski definition) is 1. The zero-order valence-electron chi connectivity index (χ0n) is 7.85. The third-order valence-corrected chi connectivity index (χ3v) is 2.34. The van der Waals surface area contributed by atoms with Gasteiger partial charge in [-0.15, -0.1) is 0 Å². The predicted molar refractivity (Wildman–Crippen MR) is 58.0 cm³/mol. The van der Waals surface area contributed by atoms with E-state index >= 15 is 0 Å². The van der Waals surface area contributed by atoms with Crippen LogP contribution in [-0.2, 0) is 0 Å². The molecule has 0 aliphatic carbocycles. The van der Waals surface area contributed by atoms with Crippen molar-refractivity contribution in [3.05, 3.63) is 32.8 Å². The van der Waals surface area contributed by atoms with E-state index in [1.807, 2.05) is 0 Å². The average molecular weight is 276 g/mol. The highest BCUT2D eigenvalue weighted by atomic mass is 79.9. The summed E-state index contributed by atoms with van der Waals surface area (Å²) in [6.07, 6.45) is 0.495. The summed E-state index contributed by atoms with van der Waals surface area (Å²) in [5.74, 6) is 0.414. The highest BCUT2D eigenvalue weighted by molar-refractivity contribution is 9.10. The van der Waals surface area contributed by atoms with Gasteiger partial charge in [-0.1, -0.05) is 0 Å². The van der Waals surface area contributed by atoms with Crippen LogP contribution in [-0.4, -0.2) is 23.2 Å². The quantitative estimate of drug-likeness (QED) is 0.508. The molecule has 0 fully saturated rings. The number of halogens is 1. The molecule has 6 heteroatoms. The minimum absolute atomic E-state index is 0.0165. The summed E-state index contributed by atoms with van der Waals surface area (Å²) in [4.78, 5) is 10.0. The van der Waals surface area contributed by atoms with E-state index in [9.17, 15) is 10.1 Å². The third kappa shape index (κ3) is 3.49. The van der Waals surface area contributed by atoms with E-state index in [4.69, 9.17) is 9.84 Å². The lowest BCUT2D eigenvalue weighted by molar-refractivity contribution is -0.385. The van der Waals surface area contributed by atoms with Gasteiger partial charge in [0.15, 0.2) is 0 Å². The van der Waals surface area contributed by atoms with Gasteiger partial charge in [0.05, 0.1) is 22.1 Å². The van der Waals surface area contributed by atoms with Crippen LogP contribution in [0.5, 0.6) is 5.75 Å². The Morgan fingerprint density at radius 1 is 1.53 bits per heavy atom. The molecule has 0 heterocycles. The van der Waals surface area contributed by atoms with Crippen LogP contribution in [0, 0.1) is 10.1 Å². The van der Waals surface area contributed by atoms with E-state index in [0.717, 1.165) is 0 Å². The van der Waals surface area contributed by atoms with Gasteiger partial charge in [-0.25, -0.2) is 0 Å². The second kappa shape index (κ2) is 5.67. The van der Waals surface area contributed by atoms with Gasteiger partial charge in [0.2, 0.25) is 0 Å². The van der Waals surface area contributed by atoms with Gasteiger partial charge in [-0.3, -0.25) is 10.1 Å². The maximum Gasteiger partial charge on any atom is 0.273 e. The number of benzene rings is 1. The summed E-state index contributed by atoms with van der Waals surface area (Å²) in [5.41, 5.74) is -0.0165. The number of nitro benzene ring substituents is 1. The Bertz CT molecular complexity index is 356. The maximum absolute atomic E-state index is 10.5. The van der Waals surface area contributed by atoms with Gasteiger partial charge < -0.3 is 9.84 Å². The Morgan fingerprint density at radius 2 is 2.27 bits per heavy atom. The molecule has 0 saturated carbocycles. The molecule has 1 aromatic rings. The summed E-state index contributed by atoms with van der Waals surface area (Å²) in [5, 5.41) is 19.0. The van der Waals surface area contributed by atoms with Crippen molar-refractivity contribution in [3.8, 4) is 5.75 Å². The lowest BCUT2D eigenvalue weighted by Gasteiger charge is -2.06. The summed E-state index contributed by atoms with van der Waals surface area (Å²) in [6, 6.07) is 4.30. The Labute approximate surface area is 95.0 Å². The molecular weight excluding hydrogens is 266 g/mol. The number of aliphatic hydroxyl groups is 1. The van der Waals surface area contributed by atoms with E-state index < -0.39 is 4.92 Å². The summed E-state index contributed by atoms with van der Waals surface area (Å²) < 4.78 is 5.92. The van der Waals surface area contributed by atoms with Crippen molar-refractivity contribution in [2.75, 3.05) is 13.2 Å². The van der Waals surface area contributed by atoms with Crippen LogP contribution in [0.4, 0.5) is 5.69 Å². The SMILES string of the molecule is O=[N+]([O-])c1ccc(Br)c(OCCCO)c1. The third-order valence-electron chi connectivity index (χ3n) is 1.69. The molecule has 1 N–H and O–H groups in total. The van der Waals surface area contributed by atoms with Crippen LogP contribution in [0.1, 0.15) is 6.42 Å². The van der Waals surface area contributed by atoms with Crippen molar-refractivity contribution in [3.63, 3.8) is 0 Å². The van der Waals surface area contributed by atoms with Gasteiger partial charge in [0.25, 0.3) is 5.69 Å². The molecule has 0 saturated heterocycles. The molecule has 0 bridgehead atoms. The molecule has 0 aromatic heterocycles. The van der Waals surface area contributed by atoms with Crippen LogP contribution >= 0.6 is 15.9 Å². The molecule has 15 heavy (non-hydrogen) atoms. The Balaban J connectivity index is 2.76. The second-order valence-electron chi connectivity index (χ2n) is 2.80. The molecule has 0 amide bonds. The standard InChI is InChI=1S/C9H10BrNO4/c10-8-3-2-7(11(13)14)6-9(8)15-5-1-4-12/h2-3,6,12H,1,4-5H2. The van der Waals surface area contributed by atoms with Crippen molar-refractivity contribution in [2.24, 2.45) is 0 Å². The van der Waals surface area contributed by atoms with Crippen molar-refractivity contribution >= 4 is 21.6 Å². The number of non-ortho nitro benzene ring substituents is 1. The van der Waals surface area contributed by atoms with Crippen LogP contribution < -0.4 is 4.74 Å². The fourth-order valence-corrected chi connectivity index (χ4v) is 1.32. The zero-order chi connectivity index (χ0) is 11.3. The Kier molecular flexibility index (Phi) is 4.51. The van der Waals surface area contributed by atoms with E-state index in [1.165, 1.54) is 12.1 Å². The molecule has 0 radical (unpaired) electrons. The minimum Gasteiger partial charge on any atom is -0.492 e. The number of rotatable bonds is 5. The van der Waals surface area contributed by atoms with Crippen LogP contribution in [0.15, 0.2) is 22.7 Å². The first kappa shape index (κ1) is 11.9. The molecule has 0 aliphatic rings. The first-order valence-electron chi connectivity index (χ1n) is 4.32. The van der Waals surface area contributed by atoms with Gasteiger partial charge in [-0.2, -0.15) is 0 Å². The highest BCUT2D eigenvalue weighted by Crippen LogP contribution is 2.29. The molecule has 0 atom stereocenters. The van der Waals surface area contributed by atoms with Crippen LogP contribution in [0.2, 0.25) is 0 Å². The van der Waals surface area contributed by atoms with Gasteiger partial charge in [0.1, 0.15) is 5.75 Å². The highest BCUT2D eigenvalue weighted by Gasteiger charge is 2.09. The molecule has 0 unspecified atom stereocenters. The molecule has 1 rings (SSSR count). The summed E-state index contributed by atoms with van der Waals surface area (Å²) in [7, 11) is 0. The van der Waals surface area contributed by atoms with Crippen LogP contribution in [0.25, 0.3) is 0 Å². The lowest BCUT2D eigenvalue weighted by atomic mass is 10.3. The first-order chi connectivity index (χ1) is 7.15. The number of nitro groups is 1. The summed E-state index contributed by atoms with van der Waals surface area (Å²) >= 11 is 3.22. The number of aliphatic hydroxyl groups excluding tert-OH is 1. The average Bonchev–Trinajstić information content (AvgIpc) is 2.20. The molecule has 82 valence electrons. The Morgan fingerprint density at radius 3 is 2.87 bits per heavy atom. The van der Waals surface area contributed by atoms with Gasteiger partial charge in [0, 0.05) is 19.1 Å². The smallest absolute Gasteiger partial charge is 0.273 e. The predicted octanol–water partition coefficient (Wildman–Crippen LogP) is 2.12. The molecule has 5 nitrogen and oxygen atoms in total. The van der Waals surface area contributed by atoms with E-state index in [0.29, 0.717) is 23.2 Å². The number of hydrogen-bond acceptors (Lipinski definition) is 4. The number of nitrogens with zero attached hydrogens (tertiary/aromatic N) is 1. The van der Waals surface area contributed by atoms with E-state index in [2.05, 4.69) is 15.9 Å².